The van der Waals surface area contributed by atoms with Crippen LogP contribution in [0.5, 0.6) is 5.75 Å². The molecule has 4 aliphatic carbocycles. The third-order valence-electron chi connectivity index (χ3n) is 9.49. The number of hydrogen-bond donors (Lipinski definition) is 0. The highest BCUT2D eigenvalue weighted by atomic mass is 16.7. The van der Waals surface area contributed by atoms with Crippen LogP contribution in [0.25, 0.3) is 0 Å². The smallest absolute Gasteiger partial charge is 0.146 e. The number of hydrogen-bond acceptors (Lipinski definition) is 3. The predicted octanol–water partition coefficient (Wildman–Crippen LogP) is 6.53. The molecule has 3 heteroatoms. The number of ether oxygens (including phenoxy) is 3. The second-order valence-electron chi connectivity index (χ2n) is 11.0. The van der Waals surface area contributed by atoms with Crippen molar-refractivity contribution in [1.29, 1.82) is 0 Å². The van der Waals surface area contributed by atoms with Crippen LogP contribution in [-0.2, 0) is 9.47 Å². The molecular weight excluding hydrogens is 408 g/mol. The minimum atomic E-state index is 0.223. The highest BCUT2D eigenvalue weighted by molar-refractivity contribution is 5.47. The summed E-state index contributed by atoms with van der Waals surface area (Å²) in [5.41, 5.74) is 4.65. The molecule has 176 valence electrons. The molecule has 2 saturated carbocycles. The Balaban J connectivity index is 1.33. The zero-order chi connectivity index (χ0) is 23.1. The zero-order valence-corrected chi connectivity index (χ0v) is 20.7. The van der Waals surface area contributed by atoms with Crippen molar-refractivity contribution in [2.45, 2.75) is 64.9 Å². The number of methoxy groups -OCH3 is 2. The molecule has 0 aliphatic heterocycles. The number of rotatable bonds is 4. The molecule has 0 amide bonds. The zero-order valence-electron chi connectivity index (χ0n) is 20.7. The lowest BCUT2D eigenvalue weighted by molar-refractivity contribution is -0.0944. The molecule has 1 aromatic carbocycles. The molecule has 0 unspecified atom stereocenters. The molecule has 0 bridgehead atoms. The van der Waals surface area contributed by atoms with Crippen LogP contribution in [0.15, 0.2) is 47.6 Å². The van der Waals surface area contributed by atoms with Crippen molar-refractivity contribution >= 4 is 0 Å². The maximum absolute atomic E-state index is 5.94. The summed E-state index contributed by atoms with van der Waals surface area (Å²) < 4.78 is 16.4. The van der Waals surface area contributed by atoms with Gasteiger partial charge in [-0.3, -0.25) is 0 Å². The summed E-state index contributed by atoms with van der Waals surface area (Å²) in [5, 5.41) is 0. The molecule has 0 spiro atoms. The van der Waals surface area contributed by atoms with Crippen LogP contribution < -0.4 is 4.74 Å². The van der Waals surface area contributed by atoms with Crippen molar-refractivity contribution in [3.63, 3.8) is 0 Å². The van der Waals surface area contributed by atoms with Gasteiger partial charge in [0.1, 0.15) is 12.5 Å². The molecule has 5 rings (SSSR count). The molecular formula is C30H38O3. The van der Waals surface area contributed by atoms with E-state index in [0.29, 0.717) is 24.2 Å². The summed E-state index contributed by atoms with van der Waals surface area (Å²) in [4.78, 5) is 0. The summed E-state index contributed by atoms with van der Waals surface area (Å²) in [5.74, 6) is 10.2. The van der Waals surface area contributed by atoms with Gasteiger partial charge < -0.3 is 14.2 Å². The van der Waals surface area contributed by atoms with Gasteiger partial charge in [0.2, 0.25) is 0 Å². The van der Waals surface area contributed by atoms with Gasteiger partial charge >= 0.3 is 0 Å². The number of fused-ring (bicyclic) bond motifs is 5. The van der Waals surface area contributed by atoms with Gasteiger partial charge in [0.25, 0.3) is 0 Å². The maximum Gasteiger partial charge on any atom is 0.146 e. The quantitative estimate of drug-likeness (QED) is 0.299. The van der Waals surface area contributed by atoms with Crippen LogP contribution in [-0.4, -0.2) is 27.1 Å². The molecule has 6 atom stereocenters. The summed E-state index contributed by atoms with van der Waals surface area (Å²) >= 11 is 0. The van der Waals surface area contributed by atoms with E-state index in [2.05, 4.69) is 50.0 Å². The first-order valence-corrected chi connectivity index (χ1v) is 12.6. The lowest BCUT2D eigenvalue weighted by atomic mass is 9.47. The van der Waals surface area contributed by atoms with Gasteiger partial charge in [-0.05, 0) is 92.4 Å². The first-order valence-electron chi connectivity index (χ1n) is 12.6. The van der Waals surface area contributed by atoms with Crippen molar-refractivity contribution in [1.82, 2.24) is 0 Å². The second-order valence-corrected chi connectivity index (χ2v) is 11.0. The third-order valence-corrected chi connectivity index (χ3v) is 9.49. The summed E-state index contributed by atoms with van der Waals surface area (Å²) in [6.07, 6.45) is 13.8. The fourth-order valence-corrected chi connectivity index (χ4v) is 7.51. The van der Waals surface area contributed by atoms with Gasteiger partial charge in [-0.2, -0.15) is 0 Å². The molecule has 0 radical (unpaired) electrons. The number of allylic oxidation sites excluding steroid dienone is 3. The van der Waals surface area contributed by atoms with Gasteiger partial charge in [-0.1, -0.05) is 43.4 Å². The highest BCUT2D eigenvalue weighted by Gasteiger charge is 2.56. The van der Waals surface area contributed by atoms with Crippen molar-refractivity contribution in [2.24, 2.45) is 28.6 Å². The second kappa shape index (κ2) is 8.97. The van der Waals surface area contributed by atoms with Gasteiger partial charge in [0.05, 0.1) is 13.2 Å². The molecule has 0 N–H and O–H groups in total. The van der Waals surface area contributed by atoms with Gasteiger partial charge in [-0.25, -0.2) is 0 Å². The minimum absolute atomic E-state index is 0.223. The topological polar surface area (TPSA) is 27.7 Å². The molecule has 0 saturated heterocycles. The van der Waals surface area contributed by atoms with E-state index in [-0.39, 0.29) is 5.41 Å². The Morgan fingerprint density at radius 3 is 2.45 bits per heavy atom. The van der Waals surface area contributed by atoms with Gasteiger partial charge in [0.15, 0.2) is 0 Å². The SMILES string of the molecule is COCO[C@H]1CC[C@@]2(C)C(=CC[C@@H]3[C@@H]2CC[C@]2(C)C(C#Cc4ccc(OC)cc4)=CC[C@@H]32)C1. The fourth-order valence-electron chi connectivity index (χ4n) is 7.51. The molecule has 0 aromatic heterocycles. The largest absolute Gasteiger partial charge is 0.497 e. The molecule has 2 fully saturated rings. The lowest BCUT2D eigenvalue weighted by Crippen LogP contribution is -2.50. The first-order chi connectivity index (χ1) is 16.0. The van der Waals surface area contributed by atoms with E-state index in [1.165, 1.54) is 37.7 Å². The Bertz CT molecular complexity index is 994. The van der Waals surface area contributed by atoms with Crippen LogP contribution in [0.1, 0.15) is 64.4 Å². The van der Waals surface area contributed by atoms with E-state index in [1.54, 1.807) is 19.8 Å². The van der Waals surface area contributed by atoms with Crippen LogP contribution in [0.3, 0.4) is 0 Å². The van der Waals surface area contributed by atoms with Crippen LogP contribution in [0.4, 0.5) is 0 Å². The Morgan fingerprint density at radius 1 is 0.909 bits per heavy atom. The number of benzene rings is 1. The van der Waals surface area contributed by atoms with Crippen molar-refractivity contribution in [3.8, 4) is 17.6 Å². The van der Waals surface area contributed by atoms with E-state index in [0.717, 1.165) is 36.0 Å². The summed E-state index contributed by atoms with van der Waals surface area (Å²) in [7, 11) is 3.41. The van der Waals surface area contributed by atoms with Crippen LogP contribution in [0.2, 0.25) is 0 Å². The van der Waals surface area contributed by atoms with E-state index in [1.807, 2.05) is 12.1 Å². The Hall–Kier alpha value is -2.02. The van der Waals surface area contributed by atoms with Gasteiger partial charge in [0, 0.05) is 23.7 Å². The van der Waals surface area contributed by atoms with E-state index in [4.69, 9.17) is 14.2 Å². The fraction of sp³-hybridized carbons (Fsp3) is 0.600. The van der Waals surface area contributed by atoms with Crippen molar-refractivity contribution < 1.29 is 14.2 Å². The molecule has 33 heavy (non-hydrogen) atoms. The maximum atomic E-state index is 5.94. The molecule has 3 nitrogen and oxygen atoms in total. The van der Waals surface area contributed by atoms with Gasteiger partial charge in [-0.15, -0.1) is 0 Å². The Morgan fingerprint density at radius 2 is 1.70 bits per heavy atom. The monoisotopic (exact) mass is 446 g/mol. The Kier molecular flexibility index (Phi) is 6.19. The molecule has 0 heterocycles. The third kappa shape index (κ3) is 3.96. The molecule has 4 aliphatic rings. The summed E-state index contributed by atoms with van der Waals surface area (Å²) in [6.45, 7) is 5.46. The predicted molar refractivity (Wildman–Crippen MR) is 132 cm³/mol. The van der Waals surface area contributed by atoms with E-state index in [9.17, 15) is 0 Å². The highest BCUT2D eigenvalue weighted by Crippen LogP contribution is 2.64. The standard InChI is InChI=1S/C30H38O3/c1-29-18-16-28-26(13-9-23-19-25(33-20-31-3)15-17-30(23,28)2)27(29)14-10-22(29)8-5-21-6-11-24(32-4)12-7-21/h6-7,9-12,25-28H,13-20H2,1-4H3/t25-,26-,27-,28-,29+,30-/m0/s1. The summed E-state index contributed by atoms with van der Waals surface area (Å²) in [6, 6.07) is 8.09. The average Bonchev–Trinajstić information content (AvgIpc) is 3.18. The Labute approximate surface area is 199 Å². The minimum Gasteiger partial charge on any atom is -0.497 e. The van der Waals surface area contributed by atoms with Crippen LogP contribution >= 0.6 is 0 Å². The molecule has 1 aromatic rings. The van der Waals surface area contributed by atoms with E-state index < -0.39 is 0 Å². The normalized spacial score (nSPS) is 37.0. The van der Waals surface area contributed by atoms with Crippen LogP contribution in [0, 0.1) is 40.4 Å². The van der Waals surface area contributed by atoms with Crippen molar-refractivity contribution in [2.75, 3.05) is 21.0 Å². The van der Waals surface area contributed by atoms with Crippen molar-refractivity contribution in [3.05, 3.63) is 53.1 Å². The first kappa shape index (κ1) is 22.8. The van der Waals surface area contributed by atoms with E-state index >= 15 is 0 Å². The average molecular weight is 447 g/mol. The lowest BCUT2D eigenvalue weighted by Gasteiger charge is -2.57.